The second-order valence-electron chi connectivity index (χ2n) is 3.51. The van der Waals surface area contributed by atoms with Crippen LogP contribution >= 0.6 is 11.3 Å². The minimum absolute atomic E-state index is 0.0323. The highest BCUT2D eigenvalue weighted by Crippen LogP contribution is 2.26. The second kappa shape index (κ2) is 5.53. The molecule has 0 radical (unpaired) electrons. The summed E-state index contributed by atoms with van der Waals surface area (Å²) in [4.78, 5) is 26.9. The van der Waals surface area contributed by atoms with E-state index in [0.29, 0.717) is 15.8 Å². The van der Waals surface area contributed by atoms with Crippen LogP contribution in [0.5, 0.6) is 0 Å². The fourth-order valence-electron chi connectivity index (χ4n) is 1.32. The fourth-order valence-corrected chi connectivity index (χ4v) is 2.06. The summed E-state index contributed by atoms with van der Waals surface area (Å²) in [6, 6.07) is 3.13. The normalized spacial score (nSPS) is 10.2. The molecule has 0 fully saturated rings. The Kier molecular flexibility index (Phi) is 3.81. The summed E-state index contributed by atoms with van der Waals surface area (Å²) in [6.45, 7) is 0. The van der Waals surface area contributed by atoms with E-state index in [4.69, 9.17) is 10.2 Å². The first-order chi connectivity index (χ1) is 9.10. The Hall–Kier alpha value is -2.35. The van der Waals surface area contributed by atoms with Crippen molar-refractivity contribution in [2.75, 3.05) is 18.2 Å². The quantitative estimate of drug-likeness (QED) is 0.817. The maximum absolute atomic E-state index is 11.7. The number of thiazole rings is 1. The molecule has 1 amide bonds. The Morgan fingerprint density at radius 1 is 1.58 bits per heavy atom. The number of hydrogen-bond donors (Lipinski definition) is 2. The van der Waals surface area contributed by atoms with Gasteiger partial charge in [-0.15, -0.1) is 0 Å². The Balaban J connectivity index is 2.08. The second-order valence-corrected chi connectivity index (χ2v) is 4.54. The van der Waals surface area contributed by atoms with E-state index < -0.39 is 11.9 Å². The molecule has 2 aromatic heterocycles. The first-order valence-electron chi connectivity index (χ1n) is 5.27. The summed E-state index contributed by atoms with van der Waals surface area (Å²) >= 11 is 1.08. The SMILES string of the molecule is COC(=O)Cc1nc(NC(=O)c2ccco2)sc1N. The monoisotopic (exact) mass is 281 g/mol. The van der Waals surface area contributed by atoms with Crippen molar-refractivity contribution in [3.63, 3.8) is 0 Å². The summed E-state index contributed by atoms with van der Waals surface area (Å²) in [5.74, 6) is -0.701. The van der Waals surface area contributed by atoms with Gasteiger partial charge in [0.1, 0.15) is 5.00 Å². The van der Waals surface area contributed by atoms with Crippen molar-refractivity contribution in [3.05, 3.63) is 29.9 Å². The number of nitrogens with two attached hydrogens (primary N) is 1. The summed E-state index contributed by atoms with van der Waals surface area (Å²) in [7, 11) is 1.28. The zero-order valence-corrected chi connectivity index (χ0v) is 10.8. The average molecular weight is 281 g/mol. The van der Waals surface area contributed by atoms with E-state index in [1.54, 1.807) is 6.07 Å². The Morgan fingerprint density at radius 3 is 3.00 bits per heavy atom. The first kappa shape index (κ1) is 13.1. The van der Waals surface area contributed by atoms with E-state index in [0.717, 1.165) is 11.3 Å². The Labute approximate surface area is 112 Å². The van der Waals surface area contributed by atoms with Crippen molar-refractivity contribution in [1.29, 1.82) is 0 Å². The lowest BCUT2D eigenvalue weighted by Gasteiger charge is -1.97. The number of carbonyl (C=O) groups excluding carboxylic acids is 2. The Bertz CT molecular complexity index is 591. The van der Waals surface area contributed by atoms with Gasteiger partial charge in [-0.1, -0.05) is 11.3 Å². The molecule has 8 heteroatoms. The highest BCUT2D eigenvalue weighted by Gasteiger charge is 2.16. The Morgan fingerprint density at radius 2 is 2.37 bits per heavy atom. The number of esters is 1. The van der Waals surface area contributed by atoms with Gasteiger partial charge in [0.25, 0.3) is 5.91 Å². The van der Waals surface area contributed by atoms with Crippen LogP contribution in [0, 0.1) is 0 Å². The van der Waals surface area contributed by atoms with Crippen LogP contribution in [0.25, 0.3) is 0 Å². The lowest BCUT2D eigenvalue weighted by atomic mass is 10.3. The zero-order valence-electron chi connectivity index (χ0n) is 10.0. The van der Waals surface area contributed by atoms with E-state index in [9.17, 15) is 9.59 Å². The van der Waals surface area contributed by atoms with Gasteiger partial charge < -0.3 is 14.9 Å². The molecule has 0 aliphatic heterocycles. The lowest BCUT2D eigenvalue weighted by Crippen LogP contribution is -2.11. The largest absolute Gasteiger partial charge is 0.469 e. The molecule has 2 aromatic rings. The van der Waals surface area contributed by atoms with Crippen molar-refractivity contribution >= 4 is 33.3 Å². The molecule has 7 nitrogen and oxygen atoms in total. The number of anilines is 2. The number of ether oxygens (including phenoxy) is 1. The van der Waals surface area contributed by atoms with Crippen LogP contribution in [-0.2, 0) is 16.0 Å². The van der Waals surface area contributed by atoms with E-state index in [2.05, 4.69) is 15.0 Å². The molecule has 2 heterocycles. The third-order valence-corrected chi connectivity index (χ3v) is 3.07. The standard InChI is InChI=1S/C11H11N3O4S/c1-17-8(15)5-6-9(12)19-11(13-6)14-10(16)7-3-2-4-18-7/h2-4H,5,12H2,1H3,(H,13,14,16). The van der Waals surface area contributed by atoms with Crippen molar-refractivity contribution in [3.8, 4) is 0 Å². The number of methoxy groups -OCH3 is 1. The van der Waals surface area contributed by atoms with Gasteiger partial charge in [0.05, 0.1) is 25.5 Å². The number of furan rings is 1. The highest BCUT2D eigenvalue weighted by atomic mass is 32.1. The lowest BCUT2D eigenvalue weighted by molar-refractivity contribution is -0.139. The molecule has 0 aromatic carbocycles. The summed E-state index contributed by atoms with van der Waals surface area (Å²) in [5, 5.41) is 3.20. The molecule has 0 saturated carbocycles. The zero-order chi connectivity index (χ0) is 13.8. The number of nitrogens with zero attached hydrogens (tertiary/aromatic N) is 1. The minimum atomic E-state index is -0.444. The molecule has 2 rings (SSSR count). The van der Waals surface area contributed by atoms with Crippen molar-refractivity contribution in [1.82, 2.24) is 4.98 Å². The highest BCUT2D eigenvalue weighted by molar-refractivity contribution is 7.19. The van der Waals surface area contributed by atoms with Crippen LogP contribution in [-0.4, -0.2) is 24.0 Å². The number of rotatable bonds is 4. The number of nitrogens with one attached hydrogen (secondary N) is 1. The first-order valence-corrected chi connectivity index (χ1v) is 6.08. The molecule has 3 N–H and O–H groups in total. The molecule has 0 spiro atoms. The number of aromatic nitrogens is 1. The van der Waals surface area contributed by atoms with Gasteiger partial charge >= 0.3 is 5.97 Å². The third kappa shape index (κ3) is 3.10. The van der Waals surface area contributed by atoms with Crippen LogP contribution < -0.4 is 11.1 Å². The van der Waals surface area contributed by atoms with Crippen LogP contribution in [0.4, 0.5) is 10.1 Å². The number of hydrogen-bond acceptors (Lipinski definition) is 7. The maximum Gasteiger partial charge on any atom is 0.311 e. The molecule has 0 saturated heterocycles. The van der Waals surface area contributed by atoms with Gasteiger partial charge in [-0.3, -0.25) is 14.9 Å². The van der Waals surface area contributed by atoms with Gasteiger partial charge in [-0.05, 0) is 12.1 Å². The number of carbonyl (C=O) groups is 2. The summed E-state index contributed by atoms with van der Waals surface area (Å²) in [5.41, 5.74) is 6.09. The molecular formula is C11H11N3O4S. The van der Waals surface area contributed by atoms with E-state index in [1.807, 2.05) is 0 Å². The van der Waals surface area contributed by atoms with E-state index in [1.165, 1.54) is 19.4 Å². The predicted molar refractivity (Wildman–Crippen MR) is 68.9 cm³/mol. The molecular weight excluding hydrogens is 270 g/mol. The van der Waals surface area contributed by atoms with Crippen LogP contribution in [0.15, 0.2) is 22.8 Å². The average Bonchev–Trinajstić information content (AvgIpc) is 3.00. The molecule has 19 heavy (non-hydrogen) atoms. The molecule has 100 valence electrons. The minimum Gasteiger partial charge on any atom is -0.469 e. The summed E-state index contributed by atoms with van der Waals surface area (Å²) in [6.07, 6.45) is 1.36. The van der Waals surface area contributed by atoms with Crippen molar-refractivity contribution in [2.45, 2.75) is 6.42 Å². The molecule has 0 atom stereocenters. The van der Waals surface area contributed by atoms with Crippen LogP contribution in [0.1, 0.15) is 16.2 Å². The van der Waals surface area contributed by atoms with Gasteiger partial charge in [0.2, 0.25) is 0 Å². The topological polar surface area (TPSA) is 107 Å². The molecule has 0 bridgehead atoms. The van der Waals surface area contributed by atoms with E-state index >= 15 is 0 Å². The van der Waals surface area contributed by atoms with Gasteiger partial charge in [-0.2, -0.15) is 0 Å². The van der Waals surface area contributed by atoms with Crippen molar-refractivity contribution in [2.24, 2.45) is 0 Å². The third-order valence-electron chi connectivity index (χ3n) is 2.23. The molecule has 0 aliphatic carbocycles. The molecule has 0 aliphatic rings. The summed E-state index contributed by atoms with van der Waals surface area (Å²) < 4.78 is 9.47. The van der Waals surface area contributed by atoms with Crippen molar-refractivity contribution < 1.29 is 18.7 Å². The molecule has 0 unspecified atom stereocenters. The predicted octanol–water partition coefficient (Wildman–Crippen LogP) is 1.29. The fraction of sp³-hybridized carbons (Fsp3) is 0.182. The number of nitrogen functional groups attached to an aromatic ring is 1. The van der Waals surface area contributed by atoms with Gasteiger partial charge in [0.15, 0.2) is 10.9 Å². The van der Waals surface area contributed by atoms with Gasteiger partial charge in [0, 0.05) is 0 Å². The van der Waals surface area contributed by atoms with E-state index in [-0.39, 0.29) is 12.2 Å². The maximum atomic E-state index is 11.7. The van der Waals surface area contributed by atoms with Crippen LogP contribution in [0.2, 0.25) is 0 Å². The number of amides is 1. The smallest absolute Gasteiger partial charge is 0.311 e. The van der Waals surface area contributed by atoms with Crippen LogP contribution in [0.3, 0.4) is 0 Å². The van der Waals surface area contributed by atoms with Gasteiger partial charge in [-0.25, -0.2) is 4.98 Å².